The summed E-state index contributed by atoms with van der Waals surface area (Å²) in [5.74, 6) is 0.552. The molecule has 0 atom stereocenters. The molecule has 0 saturated heterocycles. The van der Waals surface area contributed by atoms with Crippen LogP contribution in [-0.2, 0) is 16.0 Å². The third kappa shape index (κ3) is 3.77. The van der Waals surface area contributed by atoms with Crippen molar-refractivity contribution in [1.82, 2.24) is 0 Å². The maximum atomic E-state index is 11.0. The molecule has 3 nitrogen and oxygen atoms in total. The number of hydrogen-bond acceptors (Lipinski definition) is 3. The van der Waals surface area contributed by atoms with Crippen LogP contribution < -0.4 is 4.74 Å². The molecule has 0 saturated carbocycles. The molecule has 0 aliphatic heterocycles. The average Bonchev–Trinajstić information content (AvgIpc) is 2.28. The van der Waals surface area contributed by atoms with Crippen molar-refractivity contribution in [3.63, 3.8) is 0 Å². The van der Waals surface area contributed by atoms with Crippen molar-refractivity contribution in [1.29, 1.82) is 0 Å². The normalized spacial score (nSPS) is 9.62. The van der Waals surface area contributed by atoms with Gasteiger partial charge in [0.05, 0.1) is 20.6 Å². The number of carbonyl (C=O) groups excluding carboxylic acids is 1. The first-order chi connectivity index (χ1) is 7.65. The summed E-state index contributed by atoms with van der Waals surface area (Å²) in [4.78, 5) is 11.0. The first-order valence-electron chi connectivity index (χ1n) is 5.02. The highest BCUT2D eigenvalue weighted by molar-refractivity contribution is 5.72. The van der Waals surface area contributed by atoms with E-state index in [9.17, 15) is 4.79 Å². The largest absolute Gasteiger partial charge is 0.497 e. The van der Waals surface area contributed by atoms with Gasteiger partial charge in [0.15, 0.2) is 0 Å². The Kier molecular flexibility index (Phi) is 4.58. The van der Waals surface area contributed by atoms with E-state index < -0.39 is 0 Å². The minimum absolute atomic E-state index is 0.257. The highest BCUT2D eigenvalue weighted by Gasteiger charge is 2.05. The molecule has 3 heteroatoms. The van der Waals surface area contributed by atoms with Crippen LogP contribution in [0.5, 0.6) is 5.75 Å². The Morgan fingerprint density at radius 1 is 1.38 bits per heavy atom. The molecular formula is C13H16O3. The summed E-state index contributed by atoms with van der Waals surface area (Å²) in [6.07, 6.45) is 0.917. The lowest BCUT2D eigenvalue weighted by Gasteiger charge is -2.06. The molecule has 0 aliphatic rings. The zero-order valence-electron chi connectivity index (χ0n) is 9.66. The minimum Gasteiger partial charge on any atom is -0.497 e. The van der Waals surface area contributed by atoms with Crippen molar-refractivity contribution in [2.24, 2.45) is 0 Å². The molecule has 0 N–H and O–H groups in total. The van der Waals surface area contributed by atoms with Gasteiger partial charge < -0.3 is 9.47 Å². The molecule has 0 heterocycles. The quantitative estimate of drug-likeness (QED) is 0.564. The highest BCUT2D eigenvalue weighted by atomic mass is 16.5. The van der Waals surface area contributed by atoms with E-state index >= 15 is 0 Å². The van der Waals surface area contributed by atoms with Crippen LogP contribution >= 0.6 is 0 Å². The van der Waals surface area contributed by atoms with Crippen LogP contribution in [0.2, 0.25) is 0 Å². The van der Waals surface area contributed by atoms with Crippen LogP contribution in [0.4, 0.5) is 0 Å². The molecule has 0 fully saturated rings. The fourth-order valence-corrected chi connectivity index (χ4v) is 1.41. The van der Waals surface area contributed by atoms with Crippen molar-refractivity contribution in [3.05, 3.63) is 42.0 Å². The van der Waals surface area contributed by atoms with Gasteiger partial charge in [0, 0.05) is 0 Å². The van der Waals surface area contributed by atoms with E-state index in [0.29, 0.717) is 6.42 Å². The van der Waals surface area contributed by atoms with Gasteiger partial charge in [0.25, 0.3) is 0 Å². The molecule has 0 bridgehead atoms. The van der Waals surface area contributed by atoms with Gasteiger partial charge in [-0.1, -0.05) is 24.3 Å². The summed E-state index contributed by atoms with van der Waals surface area (Å²) >= 11 is 0. The van der Waals surface area contributed by atoms with E-state index in [-0.39, 0.29) is 12.4 Å². The van der Waals surface area contributed by atoms with Crippen molar-refractivity contribution in [2.45, 2.75) is 12.8 Å². The smallest absolute Gasteiger partial charge is 0.309 e. The molecular weight excluding hydrogens is 204 g/mol. The molecule has 0 aromatic heterocycles. The number of carbonyl (C=O) groups is 1. The maximum absolute atomic E-state index is 11.0. The predicted molar refractivity (Wildman–Crippen MR) is 62.5 cm³/mol. The zero-order valence-corrected chi connectivity index (χ0v) is 9.66. The van der Waals surface area contributed by atoms with E-state index in [1.165, 1.54) is 7.11 Å². The Labute approximate surface area is 95.7 Å². The van der Waals surface area contributed by atoms with E-state index in [4.69, 9.17) is 4.74 Å². The highest BCUT2D eigenvalue weighted by Crippen LogP contribution is 2.16. The monoisotopic (exact) mass is 220 g/mol. The Bertz CT molecular complexity index is 383. The van der Waals surface area contributed by atoms with Gasteiger partial charge in [-0.05, 0) is 24.1 Å². The van der Waals surface area contributed by atoms with Crippen LogP contribution in [0.3, 0.4) is 0 Å². The third-order valence-electron chi connectivity index (χ3n) is 2.21. The van der Waals surface area contributed by atoms with Gasteiger partial charge in [-0.3, -0.25) is 4.79 Å². The fourth-order valence-electron chi connectivity index (χ4n) is 1.41. The minimum atomic E-state index is -0.257. The molecule has 0 unspecified atom stereocenters. The number of esters is 1. The lowest BCUT2D eigenvalue weighted by molar-refractivity contribution is -0.139. The average molecular weight is 220 g/mol. The summed E-state index contributed by atoms with van der Waals surface area (Å²) in [6, 6.07) is 7.71. The van der Waals surface area contributed by atoms with Gasteiger partial charge in [-0.25, -0.2) is 0 Å². The van der Waals surface area contributed by atoms with Gasteiger partial charge in [0.1, 0.15) is 5.75 Å². The Morgan fingerprint density at radius 2 is 2.12 bits per heavy atom. The summed E-state index contributed by atoms with van der Waals surface area (Å²) in [6.45, 7) is 3.85. The van der Waals surface area contributed by atoms with Gasteiger partial charge in [-0.2, -0.15) is 0 Å². The van der Waals surface area contributed by atoms with Crippen molar-refractivity contribution < 1.29 is 14.3 Å². The molecule has 16 heavy (non-hydrogen) atoms. The van der Waals surface area contributed by atoms with Gasteiger partial charge in [0.2, 0.25) is 0 Å². The number of ether oxygens (including phenoxy) is 2. The zero-order chi connectivity index (χ0) is 12.0. The van der Waals surface area contributed by atoms with Crippen molar-refractivity contribution >= 4 is 5.97 Å². The summed E-state index contributed by atoms with van der Waals surface area (Å²) in [5.41, 5.74) is 1.91. The van der Waals surface area contributed by atoms with Crippen LogP contribution in [0.25, 0.3) is 0 Å². The Balaban J connectivity index is 2.59. The molecule has 0 aliphatic carbocycles. The molecule has 0 amide bonds. The molecule has 1 rings (SSSR count). The van der Waals surface area contributed by atoms with E-state index in [1.54, 1.807) is 7.11 Å². The predicted octanol–water partition coefficient (Wildman–Crippen LogP) is 2.36. The van der Waals surface area contributed by atoms with E-state index in [0.717, 1.165) is 16.9 Å². The van der Waals surface area contributed by atoms with Crippen LogP contribution in [-0.4, -0.2) is 20.2 Å². The lowest BCUT2D eigenvalue weighted by Crippen LogP contribution is -2.03. The van der Waals surface area contributed by atoms with Crippen LogP contribution in [0.15, 0.2) is 36.4 Å². The number of rotatable bonds is 5. The number of benzene rings is 1. The molecule has 86 valence electrons. The van der Waals surface area contributed by atoms with Gasteiger partial charge in [-0.15, -0.1) is 0 Å². The maximum Gasteiger partial charge on any atom is 0.309 e. The third-order valence-corrected chi connectivity index (χ3v) is 2.21. The fraction of sp³-hybridized carbons (Fsp3) is 0.308. The molecule has 1 aromatic rings. The second-order valence-electron chi connectivity index (χ2n) is 3.53. The Hall–Kier alpha value is -1.77. The lowest BCUT2D eigenvalue weighted by atomic mass is 10.0. The number of methoxy groups -OCH3 is 2. The molecule has 0 radical (unpaired) electrons. The van der Waals surface area contributed by atoms with E-state index in [2.05, 4.69) is 11.3 Å². The number of hydrogen-bond donors (Lipinski definition) is 0. The van der Waals surface area contributed by atoms with Gasteiger partial charge >= 0.3 is 5.97 Å². The van der Waals surface area contributed by atoms with E-state index in [1.807, 2.05) is 24.3 Å². The van der Waals surface area contributed by atoms with Crippen molar-refractivity contribution in [2.75, 3.05) is 14.2 Å². The molecule has 0 spiro atoms. The summed E-state index contributed by atoms with van der Waals surface area (Å²) < 4.78 is 9.70. The topological polar surface area (TPSA) is 35.5 Å². The second-order valence-corrected chi connectivity index (χ2v) is 3.53. The summed E-state index contributed by atoms with van der Waals surface area (Å²) in [5, 5.41) is 0. The second kappa shape index (κ2) is 5.95. The van der Waals surface area contributed by atoms with Crippen molar-refractivity contribution in [3.8, 4) is 5.75 Å². The Morgan fingerprint density at radius 3 is 2.75 bits per heavy atom. The summed E-state index contributed by atoms with van der Waals surface area (Å²) in [7, 11) is 3.00. The van der Waals surface area contributed by atoms with Crippen LogP contribution in [0, 0.1) is 0 Å². The van der Waals surface area contributed by atoms with Crippen LogP contribution in [0.1, 0.15) is 12.0 Å². The molecule has 1 aromatic carbocycles. The first-order valence-corrected chi connectivity index (χ1v) is 5.02. The first kappa shape index (κ1) is 12.3. The SMILES string of the molecule is C=C(CC(=O)OC)Cc1cccc(OC)c1. The standard InChI is InChI=1S/C13H16O3/c1-10(8-13(14)16-3)7-11-5-4-6-12(9-11)15-2/h4-6,9H,1,7-8H2,2-3H3.